The van der Waals surface area contributed by atoms with E-state index in [-0.39, 0.29) is 0 Å². The number of benzene rings is 2. The van der Waals surface area contributed by atoms with E-state index in [0.717, 1.165) is 20.0 Å². The van der Waals surface area contributed by atoms with E-state index >= 15 is 0 Å². The lowest BCUT2D eigenvalue weighted by atomic mass is 10.2. The fraction of sp³-hybridized carbons (Fsp3) is 0.0769. The molecule has 0 saturated carbocycles. The van der Waals surface area contributed by atoms with Crippen molar-refractivity contribution in [3.63, 3.8) is 0 Å². The summed E-state index contributed by atoms with van der Waals surface area (Å²) in [6.07, 6.45) is 0. The van der Waals surface area contributed by atoms with Crippen LogP contribution < -0.4 is 5.73 Å². The lowest BCUT2D eigenvalue weighted by Crippen LogP contribution is -1.98. The van der Waals surface area contributed by atoms with Crippen LogP contribution in [0.3, 0.4) is 0 Å². The lowest BCUT2D eigenvalue weighted by molar-refractivity contribution is 1.03. The van der Waals surface area contributed by atoms with Crippen LogP contribution in [-0.2, 0) is 6.54 Å². The van der Waals surface area contributed by atoms with Gasteiger partial charge < -0.3 is 5.73 Å². The van der Waals surface area contributed by atoms with Crippen molar-refractivity contribution in [3.8, 4) is 0 Å². The molecular weight excluding hydrogens is 318 g/mol. The first-order valence-electron chi connectivity index (χ1n) is 5.11. The van der Waals surface area contributed by atoms with E-state index < -0.39 is 0 Å². The molecule has 2 rings (SSSR count). The molecule has 0 aromatic heterocycles. The summed E-state index contributed by atoms with van der Waals surface area (Å²) in [5, 5.41) is 0.727. The summed E-state index contributed by atoms with van der Waals surface area (Å²) in [5.74, 6) is 0. The van der Waals surface area contributed by atoms with Gasteiger partial charge in [0.2, 0.25) is 0 Å². The molecule has 0 aliphatic heterocycles. The minimum absolute atomic E-state index is 0.499. The van der Waals surface area contributed by atoms with Gasteiger partial charge in [0.1, 0.15) is 0 Å². The molecule has 2 aromatic carbocycles. The van der Waals surface area contributed by atoms with Gasteiger partial charge in [-0.05, 0) is 48.0 Å². The molecular formula is C13H11BrClNS. The first-order chi connectivity index (χ1) is 8.19. The number of nitrogens with two attached hydrogens (primary N) is 1. The zero-order chi connectivity index (χ0) is 12.3. The topological polar surface area (TPSA) is 26.0 Å². The lowest BCUT2D eigenvalue weighted by Gasteiger charge is -2.08. The van der Waals surface area contributed by atoms with Crippen molar-refractivity contribution in [1.82, 2.24) is 0 Å². The first kappa shape index (κ1) is 13.0. The van der Waals surface area contributed by atoms with Crippen LogP contribution in [0, 0.1) is 0 Å². The highest BCUT2D eigenvalue weighted by atomic mass is 79.9. The second-order valence-corrected chi connectivity index (χ2v) is 5.98. The Hall–Kier alpha value is -0.480. The fourth-order valence-corrected chi connectivity index (χ4v) is 2.83. The largest absolute Gasteiger partial charge is 0.326 e. The second kappa shape index (κ2) is 5.91. The standard InChI is InChI=1S/C13H11BrClNS/c14-10-1-4-12(5-2-10)17-13-6-3-11(15)7-9(13)8-16/h1-7H,8,16H2. The summed E-state index contributed by atoms with van der Waals surface area (Å²) in [6.45, 7) is 0.499. The highest BCUT2D eigenvalue weighted by molar-refractivity contribution is 9.10. The molecule has 2 N–H and O–H groups in total. The average molecular weight is 329 g/mol. The van der Waals surface area contributed by atoms with E-state index in [1.807, 2.05) is 30.3 Å². The van der Waals surface area contributed by atoms with E-state index in [1.165, 1.54) is 4.90 Å². The maximum atomic E-state index is 5.95. The molecule has 0 aliphatic carbocycles. The molecule has 17 heavy (non-hydrogen) atoms. The van der Waals surface area contributed by atoms with Crippen LogP contribution >= 0.6 is 39.3 Å². The van der Waals surface area contributed by atoms with Crippen LogP contribution in [0.2, 0.25) is 5.02 Å². The Morgan fingerprint density at radius 2 is 1.82 bits per heavy atom. The molecule has 88 valence electrons. The van der Waals surface area contributed by atoms with Gasteiger partial charge in [0.05, 0.1) is 0 Å². The Morgan fingerprint density at radius 1 is 1.12 bits per heavy atom. The fourth-order valence-electron chi connectivity index (χ4n) is 1.44. The maximum Gasteiger partial charge on any atom is 0.0410 e. The van der Waals surface area contributed by atoms with Gasteiger partial charge in [0.25, 0.3) is 0 Å². The van der Waals surface area contributed by atoms with Gasteiger partial charge in [-0.1, -0.05) is 39.3 Å². The Morgan fingerprint density at radius 3 is 2.47 bits per heavy atom. The summed E-state index contributed by atoms with van der Waals surface area (Å²) >= 11 is 11.1. The molecule has 0 fully saturated rings. The minimum atomic E-state index is 0.499. The molecule has 1 nitrogen and oxygen atoms in total. The minimum Gasteiger partial charge on any atom is -0.326 e. The summed E-state index contributed by atoms with van der Waals surface area (Å²) in [4.78, 5) is 2.34. The maximum absolute atomic E-state index is 5.95. The smallest absolute Gasteiger partial charge is 0.0410 e. The van der Waals surface area contributed by atoms with E-state index in [0.29, 0.717) is 6.54 Å². The predicted molar refractivity (Wildman–Crippen MR) is 77.6 cm³/mol. The molecule has 0 amide bonds. The van der Waals surface area contributed by atoms with Crippen LogP contribution in [0.15, 0.2) is 56.7 Å². The van der Waals surface area contributed by atoms with Crippen molar-refractivity contribution < 1.29 is 0 Å². The van der Waals surface area contributed by atoms with Crippen LogP contribution in [0.5, 0.6) is 0 Å². The zero-order valence-electron chi connectivity index (χ0n) is 8.99. The van der Waals surface area contributed by atoms with Crippen LogP contribution in [0.1, 0.15) is 5.56 Å². The van der Waals surface area contributed by atoms with Crippen molar-refractivity contribution in [2.24, 2.45) is 5.73 Å². The molecule has 0 radical (unpaired) electrons. The highest BCUT2D eigenvalue weighted by Crippen LogP contribution is 2.32. The molecule has 0 unspecified atom stereocenters. The molecule has 0 bridgehead atoms. The van der Waals surface area contributed by atoms with Gasteiger partial charge in [0, 0.05) is 25.8 Å². The number of rotatable bonds is 3. The van der Waals surface area contributed by atoms with Gasteiger partial charge in [-0.25, -0.2) is 0 Å². The Bertz CT molecular complexity index is 513. The van der Waals surface area contributed by atoms with Gasteiger partial charge in [0.15, 0.2) is 0 Å². The van der Waals surface area contributed by atoms with Crippen molar-refractivity contribution >= 4 is 39.3 Å². The van der Waals surface area contributed by atoms with E-state index in [9.17, 15) is 0 Å². The molecule has 2 aromatic rings. The van der Waals surface area contributed by atoms with Crippen molar-refractivity contribution in [3.05, 3.63) is 57.5 Å². The Labute approximate surface area is 118 Å². The second-order valence-electron chi connectivity index (χ2n) is 3.51. The summed E-state index contributed by atoms with van der Waals surface area (Å²) in [6, 6.07) is 14.0. The van der Waals surface area contributed by atoms with Crippen LogP contribution in [-0.4, -0.2) is 0 Å². The first-order valence-corrected chi connectivity index (χ1v) is 7.09. The van der Waals surface area contributed by atoms with Gasteiger partial charge >= 0.3 is 0 Å². The molecule has 4 heteroatoms. The van der Waals surface area contributed by atoms with E-state index in [1.54, 1.807) is 11.8 Å². The van der Waals surface area contributed by atoms with Crippen LogP contribution in [0.4, 0.5) is 0 Å². The molecule has 0 spiro atoms. The number of halogens is 2. The van der Waals surface area contributed by atoms with E-state index in [2.05, 4.69) is 28.1 Å². The van der Waals surface area contributed by atoms with Gasteiger partial charge in [-0.2, -0.15) is 0 Å². The molecule has 0 saturated heterocycles. The van der Waals surface area contributed by atoms with Crippen molar-refractivity contribution in [1.29, 1.82) is 0 Å². The van der Waals surface area contributed by atoms with Gasteiger partial charge in [-0.3, -0.25) is 0 Å². The van der Waals surface area contributed by atoms with Gasteiger partial charge in [-0.15, -0.1) is 0 Å². The van der Waals surface area contributed by atoms with Crippen LogP contribution in [0.25, 0.3) is 0 Å². The summed E-state index contributed by atoms with van der Waals surface area (Å²) in [5.41, 5.74) is 6.79. The monoisotopic (exact) mass is 327 g/mol. The summed E-state index contributed by atoms with van der Waals surface area (Å²) in [7, 11) is 0. The van der Waals surface area contributed by atoms with Crippen molar-refractivity contribution in [2.45, 2.75) is 16.3 Å². The van der Waals surface area contributed by atoms with Crippen molar-refractivity contribution in [2.75, 3.05) is 0 Å². The molecule has 0 aliphatic rings. The normalized spacial score (nSPS) is 10.5. The SMILES string of the molecule is NCc1cc(Cl)ccc1Sc1ccc(Br)cc1. The third-order valence-corrected chi connectivity index (χ3v) is 4.17. The predicted octanol–water partition coefficient (Wildman–Crippen LogP) is 4.71. The van der Waals surface area contributed by atoms with E-state index in [4.69, 9.17) is 17.3 Å². The third kappa shape index (κ3) is 3.49. The number of hydrogen-bond donors (Lipinski definition) is 1. The summed E-state index contributed by atoms with van der Waals surface area (Å²) < 4.78 is 1.08. The number of hydrogen-bond acceptors (Lipinski definition) is 2. The average Bonchev–Trinajstić information content (AvgIpc) is 2.34. The Kier molecular flexibility index (Phi) is 4.51. The highest BCUT2D eigenvalue weighted by Gasteiger charge is 2.04. The quantitative estimate of drug-likeness (QED) is 0.883. The Balaban J connectivity index is 2.26. The zero-order valence-corrected chi connectivity index (χ0v) is 12.1. The third-order valence-electron chi connectivity index (χ3n) is 2.28. The molecule has 0 heterocycles. The molecule has 0 atom stereocenters.